The van der Waals surface area contributed by atoms with Gasteiger partial charge in [-0.15, -0.1) is 11.8 Å². The molecule has 3 atom stereocenters. The van der Waals surface area contributed by atoms with Gasteiger partial charge in [0.1, 0.15) is 17.9 Å². The molecule has 1 fully saturated rings. The van der Waals surface area contributed by atoms with Crippen molar-refractivity contribution < 1.29 is 19.4 Å². The van der Waals surface area contributed by atoms with Gasteiger partial charge in [0, 0.05) is 17.3 Å². The highest BCUT2D eigenvalue weighted by Gasteiger charge is 2.49. The van der Waals surface area contributed by atoms with Gasteiger partial charge in [-0.05, 0) is 56.0 Å². The van der Waals surface area contributed by atoms with Crippen LogP contribution in [0.2, 0.25) is 0 Å². The van der Waals surface area contributed by atoms with Gasteiger partial charge in [-0.2, -0.15) is 0 Å². The molecule has 4 N–H and O–H groups in total. The Morgan fingerprint density at radius 2 is 1.91 bits per heavy atom. The highest BCUT2D eigenvalue weighted by molar-refractivity contribution is 8.00. The number of aryl methyl sites for hydroxylation is 1. The largest absolute Gasteiger partial charge is 0.497 e. The summed E-state index contributed by atoms with van der Waals surface area (Å²) in [5.41, 5.74) is 9.19. The molecule has 2 amide bonds. The number of hydrogen-bond acceptors (Lipinski definition) is 6. The zero-order valence-electron chi connectivity index (χ0n) is 19.6. The predicted molar refractivity (Wildman–Crippen MR) is 131 cm³/mol. The molecule has 2 aromatic carbocycles. The molecule has 1 aliphatic heterocycles. The summed E-state index contributed by atoms with van der Waals surface area (Å²) < 4.78 is 4.66. The van der Waals surface area contributed by atoms with E-state index >= 15 is 0 Å². The number of benzene rings is 2. The lowest BCUT2D eigenvalue weighted by atomic mass is 9.97. The molecular weight excluding hydrogens is 438 g/mol. The van der Waals surface area contributed by atoms with Gasteiger partial charge in [-0.25, -0.2) is 0 Å². The monoisotopic (exact) mass is 471 g/mol. The van der Waals surface area contributed by atoms with E-state index in [-0.39, 0.29) is 5.91 Å². The Labute approximate surface area is 199 Å². The number of nitrogens with one attached hydrogen (secondary N) is 1. The van der Waals surface area contributed by atoms with Gasteiger partial charge in [-0.1, -0.05) is 36.4 Å². The maximum Gasteiger partial charge on any atom is 0.254 e. The van der Waals surface area contributed by atoms with E-state index in [9.17, 15) is 14.7 Å². The lowest BCUT2D eigenvalue weighted by Crippen LogP contribution is -2.57. The molecule has 0 radical (unpaired) electrons. The van der Waals surface area contributed by atoms with Crippen LogP contribution in [0.1, 0.15) is 30.5 Å². The van der Waals surface area contributed by atoms with Crippen molar-refractivity contribution in [1.82, 2.24) is 10.2 Å². The Hall–Kier alpha value is -2.55. The van der Waals surface area contributed by atoms with Crippen LogP contribution in [0.3, 0.4) is 0 Å². The second kappa shape index (κ2) is 10.6. The van der Waals surface area contributed by atoms with Crippen molar-refractivity contribution in [2.45, 2.75) is 56.7 Å². The van der Waals surface area contributed by atoms with Crippen LogP contribution in [0.25, 0.3) is 0 Å². The molecule has 0 spiro atoms. The molecule has 0 aromatic heterocycles. The zero-order valence-corrected chi connectivity index (χ0v) is 20.4. The van der Waals surface area contributed by atoms with Crippen LogP contribution >= 0.6 is 11.8 Å². The van der Waals surface area contributed by atoms with E-state index < -0.39 is 28.8 Å². The van der Waals surface area contributed by atoms with E-state index in [0.717, 1.165) is 22.4 Å². The summed E-state index contributed by atoms with van der Waals surface area (Å²) in [4.78, 5) is 27.8. The van der Waals surface area contributed by atoms with E-state index in [1.54, 1.807) is 7.11 Å². The van der Waals surface area contributed by atoms with Crippen LogP contribution < -0.4 is 15.8 Å². The van der Waals surface area contributed by atoms with Gasteiger partial charge in [0.25, 0.3) is 5.91 Å². The van der Waals surface area contributed by atoms with E-state index in [2.05, 4.69) is 5.32 Å². The fourth-order valence-electron chi connectivity index (χ4n) is 4.00. The third-order valence-corrected chi connectivity index (χ3v) is 7.46. The van der Waals surface area contributed by atoms with Gasteiger partial charge in [-0.3, -0.25) is 9.59 Å². The Balaban J connectivity index is 1.67. The summed E-state index contributed by atoms with van der Waals surface area (Å²) >= 11 is 1.51. The summed E-state index contributed by atoms with van der Waals surface area (Å²) in [5, 5.41) is 13.7. The van der Waals surface area contributed by atoms with E-state index in [0.29, 0.717) is 18.8 Å². The number of rotatable bonds is 8. The first kappa shape index (κ1) is 25.1. The third-order valence-electron chi connectivity index (χ3n) is 6.08. The van der Waals surface area contributed by atoms with E-state index in [1.807, 2.05) is 69.3 Å². The van der Waals surface area contributed by atoms with E-state index in [4.69, 9.17) is 10.5 Å². The summed E-state index contributed by atoms with van der Waals surface area (Å²) in [6.45, 7) is 6.25. The Bertz CT molecular complexity index is 980. The SMILES string of the molecule is COc1ccc(C[C@H](N)[C@H](O)C(=O)N2CSC(C)(C)[C@H]2C(=O)NCc2ccccc2C)cc1. The fraction of sp³-hybridized carbons (Fsp3) is 0.440. The van der Waals surface area contributed by atoms with Crippen LogP contribution in [-0.4, -0.2) is 57.7 Å². The van der Waals surface area contributed by atoms with Gasteiger partial charge in [0.05, 0.1) is 13.0 Å². The number of aliphatic hydroxyl groups is 1. The van der Waals surface area contributed by atoms with Crippen molar-refractivity contribution >= 4 is 23.6 Å². The molecule has 7 nitrogen and oxygen atoms in total. The number of nitrogens with two attached hydrogens (primary N) is 1. The second-order valence-corrected chi connectivity index (χ2v) is 10.5. The molecule has 0 unspecified atom stereocenters. The minimum absolute atomic E-state index is 0.238. The number of methoxy groups -OCH3 is 1. The Kier molecular flexibility index (Phi) is 8.05. The summed E-state index contributed by atoms with van der Waals surface area (Å²) in [6.07, 6.45) is -1.08. The first-order chi connectivity index (χ1) is 15.6. The van der Waals surface area contributed by atoms with Crippen LogP contribution in [0.4, 0.5) is 0 Å². The highest BCUT2D eigenvalue weighted by Crippen LogP contribution is 2.39. The summed E-state index contributed by atoms with van der Waals surface area (Å²) in [7, 11) is 1.59. The normalized spacial score (nSPS) is 19.1. The lowest BCUT2D eigenvalue weighted by molar-refractivity contribution is -0.147. The van der Waals surface area contributed by atoms with Crippen molar-refractivity contribution in [2.75, 3.05) is 13.0 Å². The number of hydrogen-bond donors (Lipinski definition) is 3. The molecule has 1 heterocycles. The molecule has 2 aromatic rings. The zero-order chi connectivity index (χ0) is 24.2. The molecule has 3 rings (SSSR count). The van der Waals surface area contributed by atoms with Crippen molar-refractivity contribution in [3.05, 3.63) is 65.2 Å². The molecule has 1 aliphatic rings. The first-order valence-corrected chi connectivity index (χ1v) is 12.0. The minimum Gasteiger partial charge on any atom is -0.497 e. The quantitative estimate of drug-likeness (QED) is 0.545. The average molecular weight is 472 g/mol. The standard InChI is InChI=1S/C25H33N3O4S/c1-16-7-5-6-8-18(16)14-27-23(30)22-25(2,3)33-15-28(22)24(31)21(29)20(26)13-17-9-11-19(32-4)12-10-17/h5-12,20-22,29H,13-15,26H2,1-4H3,(H,27,30)/t20-,21-,22+/m0/s1. The summed E-state index contributed by atoms with van der Waals surface area (Å²) in [6, 6.07) is 13.7. The number of nitrogens with zero attached hydrogens (tertiary/aromatic N) is 1. The molecule has 1 saturated heterocycles. The van der Waals surface area contributed by atoms with Crippen LogP contribution in [-0.2, 0) is 22.6 Å². The minimum atomic E-state index is -1.41. The average Bonchev–Trinajstić information content (AvgIpc) is 3.12. The Morgan fingerprint density at radius 3 is 2.55 bits per heavy atom. The number of thioether (sulfide) groups is 1. The smallest absolute Gasteiger partial charge is 0.254 e. The third kappa shape index (κ3) is 5.88. The van der Waals surface area contributed by atoms with Gasteiger partial charge >= 0.3 is 0 Å². The van der Waals surface area contributed by atoms with Crippen LogP contribution in [0, 0.1) is 6.92 Å². The fourth-order valence-corrected chi connectivity index (χ4v) is 5.14. The van der Waals surface area contributed by atoms with Crippen molar-refractivity contribution in [2.24, 2.45) is 5.73 Å². The van der Waals surface area contributed by atoms with Crippen molar-refractivity contribution in [3.63, 3.8) is 0 Å². The predicted octanol–water partition coefficient (Wildman–Crippen LogP) is 2.23. The highest BCUT2D eigenvalue weighted by atomic mass is 32.2. The number of ether oxygens (including phenoxy) is 1. The molecule has 0 saturated carbocycles. The van der Waals surface area contributed by atoms with Crippen molar-refractivity contribution in [3.8, 4) is 5.75 Å². The van der Waals surface area contributed by atoms with E-state index in [1.165, 1.54) is 16.7 Å². The van der Waals surface area contributed by atoms with Gasteiger partial charge in [0.15, 0.2) is 0 Å². The number of aliphatic hydroxyl groups excluding tert-OH is 1. The topological polar surface area (TPSA) is 105 Å². The number of carbonyl (C=O) groups is 2. The van der Waals surface area contributed by atoms with Gasteiger partial charge < -0.3 is 25.8 Å². The van der Waals surface area contributed by atoms with Gasteiger partial charge in [0.2, 0.25) is 5.91 Å². The summed E-state index contributed by atoms with van der Waals surface area (Å²) in [5.74, 6) is 0.281. The molecular formula is C25H33N3O4S. The molecule has 0 aliphatic carbocycles. The lowest BCUT2D eigenvalue weighted by Gasteiger charge is -2.32. The van der Waals surface area contributed by atoms with Crippen LogP contribution in [0.15, 0.2) is 48.5 Å². The van der Waals surface area contributed by atoms with Crippen LogP contribution in [0.5, 0.6) is 5.75 Å². The molecule has 178 valence electrons. The Morgan fingerprint density at radius 1 is 1.24 bits per heavy atom. The second-order valence-electron chi connectivity index (χ2n) is 8.89. The maximum atomic E-state index is 13.2. The number of carbonyl (C=O) groups excluding carboxylic acids is 2. The number of amides is 2. The molecule has 0 bridgehead atoms. The maximum absolute atomic E-state index is 13.2. The molecule has 33 heavy (non-hydrogen) atoms. The first-order valence-electron chi connectivity index (χ1n) is 11.0. The van der Waals surface area contributed by atoms with Crippen molar-refractivity contribution in [1.29, 1.82) is 0 Å². The molecule has 8 heteroatoms.